The molecular weight excluding hydrogens is 875 g/mol. The van der Waals surface area contributed by atoms with Crippen molar-refractivity contribution in [3.63, 3.8) is 0 Å². The van der Waals surface area contributed by atoms with Gasteiger partial charge in [0.15, 0.2) is 6.29 Å². The molecular formula is C61H111NO8. The molecule has 0 aromatic carbocycles. The normalized spacial score (nSPS) is 19.8. The molecule has 1 aliphatic rings. The van der Waals surface area contributed by atoms with E-state index in [0.29, 0.717) is 6.42 Å². The van der Waals surface area contributed by atoms with E-state index in [1.165, 1.54) is 180 Å². The molecule has 0 spiro atoms. The van der Waals surface area contributed by atoms with Gasteiger partial charge >= 0.3 is 0 Å². The fourth-order valence-corrected chi connectivity index (χ4v) is 9.10. The number of aliphatic hydroxyl groups is 5. The number of nitrogens with one attached hydrogen (secondary N) is 1. The average Bonchev–Trinajstić information content (AvgIpc) is 3.36. The molecule has 408 valence electrons. The number of aliphatic hydroxyl groups excluding tert-OH is 5. The second kappa shape index (κ2) is 50.4. The summed E-state index contributed by atoms with van der Waals surface area (Å²) in [7, 11) is 0. The summed E-state index contributed by atoms with van der Waals surface area (Å²) in [6.45, 7) is 3.76. The van der Waals surface area contributed by atoms with E-state index in [1.54, 1.807) is 6.08 Å². The lowest BCUT2D eigenvalue weighted by Crippen LogP contribution is -2.60. The molecule has 1 aliphatic heterocycles. The van der Waals surface area contributed by atoms with Gasteiger partial charge < -0.3 is 40.3 Å². The molecule has 7 atom stereocenters. The summed E-state index contributed by atoms with van der Waals surface area (Å²) in [5, 5.41) is 54.5. The first-order chi connectivity index (χ1) is 34.3. The zero-order chi connectivity index (χ0) is 50.8. The molecule has 9 nitrogen and oxygen atoms in total. The Morgan fingerprint density at radius 2 is 0.857 bits per heavy atom. The van der Waals surface area contributed by atoms with Crippen molar-refractivity contribution in [3.8, 4) is 0 Å². The van der Waals surface area contributed by atoms with Gasteiger partial charge in [-0.25, -0.2) is 0 Å². The van der Waals surface area contributed by atoms with Gasteiger partial charge in [-0.05, 0) is 77.0 Å². The van der Waals surface area contributed by atoms with Crippen LogP contribution < -0.4 is 5.32 Å². The molecule has 0 aromatic rings. The predicted octanol–water partition coefficient (Wildman–Crippen LogP) is 14.7. The highest BCUT2D eigenvalue weighted by atomic mass is 16.7. The van der Waals surface area contributed by atoms with E-state index in [-0.39, 0.29) is 12.5 Å². The van der Waals surface area contributed by atoms with E-state index < -0.39 is 49.5 Å². The Kier molecular flexibility index (Phi) is 47.5. The summed E-state index contributed by atoms with van der Waals surface area (Å²) >= 11 is 0. The first-order valence-corrected chi connectivity index (χ1v) is 29.5. The number of amides is 1. The SMILES string of the molecule is CCCCCCC/C=C\C/C=C\CCCCCCCCCCCC(=O)NC(COC1OC(CO)C(O)C(O)C1O)C(O)/C=C/CC/C=C/CC/C=C/CCCCCCCCCCCCCCCCCC. The van der Waals surface area contributed by atoms with E-state index in [4.69, 9.17) is 9.47 Å². The maximum absolute atomic E-state index is 13.1. The number of hydrogen-bond donors (Lipinski definition) is 6. The highest BCUT2D eigenvalue weighted by molar-refractivity contribution is 5.76. The minimum Gasteiger partial charge on any atom is -0.394 e. The van der Waals surface area contributed by atoms with Gasteiger partial charge in [-0.1, -0.05) is 242 Å². The fourth-order valence-electron chi connectivity index (χ4n) is 9.10. The van der Waals surface area contributed by atoms with Crippen molar-refractivity contribution in [1.29, 1.82) is 0 Å². The molecule has 6 N–H and O–H groups in total. The summed E-state index contributed by atoms with van der Waals surface area (Å²) in [5.41, 5.74) is 0. The van der Waals surface area contributed by atoms with Crippen LogP contribution in [0.15, 0.2) is 60.8 Å². The quantitative estimate of drug-likeness (QED) is 0.0261. The Labute approximate surface area is 430 Å². The number of ether oxygens (including phenoxy) is 2. The molecule has 0 aromatic heterocycles. The van der Waals surface area contributed by atoms with E-state index in [2.05, 4.69) is 67.8 Å². The molecule has 1 amide bonds. The highest BCUT2D eigenvalue weighted by Gasteiger charge is 2.44. The second-order valence-electron chi connectivity index (χ2n) is 20.4. The Bertz CT molecular complexity index is 1280. The fraction of sp³-hybridized carbons (Fsp3) is 0.820. The van der Waals surface area contributed by atoms with Crippen molar-refractivity contribution in [3.05, 3.63) is 60.8 Å². The molecule has 9 heteroatoms. The Hall–Kier alpha value is -2.11. The molecule has 0 saturated carbocycles. The minimum absolute atomic E-state index is 0.195. The molecule has 7 unspecified atom stereocenters. The van der Waals surface area contributed by atoms with Crippen LogP contribution in [0.5, 0.6) is 0 Å². The number of hydrogen-bond acceptors (Lipinski definition) is 8. The van der Waals surface area contributed by atoms with Crippen LogP contribution in [-0.2, 0) is 14.3 Å². The van der Waals surface area contributed by atoms with Crippen LogP contribution in [0.3, 0.4) is 0 Å². The monoisotopic (exact) mass is 986 g/mol. The third kappa shape index (κ3) is 39.4. The molecule has 1 rings (SSSR count). The van der Waals surface area contributed by atoms with E-state index >= 15 is 0 Å². The van der Waals surface area contributed by atoms with Crippen molar-refractivity contribution >= 4 is 5.91 Å². The lowest BCUT2D eigenvalue weighted by molar-refractivity contribution is -0.302. The zero-order valence-electron chi connectivity index (χ0n) is 45.3. The zero-order valence-corrected chi connectivity index (χ0v) is 45.3. The van der Waals surface area contributed by atoms with Crippen molar-refractivity contribution in [1.82, 2.24) is 5.32 Å². The van der Waals surface area contributed by atoms with E-state index in [0.717, 1.165) is 64.2 Å². The van der Waals surface area contributed by atoms with Gasteiger partial charge in [0.25, 0.3) is 0 Å². The van der Waals surface area contributed by atoms with Gasteiger partial charge in [-0.3, -0.25) is 4.79 Å². The van der Waals surface area contributed by atoms with Crippen LogP contribution in [0.1, 0.15) is 264 Å². The molecule has 0 bridgehead atoms. The summed E-state index contributed by atoms with van der Waals surface area (Å²) in [4.78, 5) is 13.1. The number of allylic oxidation sites excluding steroid dienone is 9. The van der Waals surface area contributed by atoms with Gasteiger partial charge in [-0.15, -0.1) is 0 Å². The first kappa shape index (κ1) is 65.9. The molecule has 1 heterocycles. The number of carbonyl (C=O) groups excluding carboxylic acids is 1. The number of carbonyl (C=O) groups is 1. The Balaban J connectivity index is 2.27. The Morgan fingerprint density at radius 1 is 0.486 bits per heavy atom. The Morgan fingerprint density at radius 3 is 1.29 bits per heavy atom. The van der Waals surface area contributed by atoms with Gasteiger partial charge in [0.2, 0.25) is 5.91 Å². The van der Waals surface area contributed by atoms with E-state index in [9.17, 15) is 30.3 Å². The third-order valence-corrected chi connectivity index (χ3v) is 13.8. The molecule has 0 radical (unpaired) electrons. The third-order valence-electron chi connectivity index (χ3n) is 13.8. The molecule has 70 heavy (non-hydrogen) atoms. The van der Waals surface area contributed by atoms with Crippen LogP contribution in [0, 0.1) is 0 Å². The van der Waals surface area contributed by atoms with E-state index in [1.807, 2.05) is 6.08 Å². The van der Waals surface area contributed by atoms with Gasteiger partial charge in [0, 0.05) is 6.42 Å². The maximum Gasteiger partial charge on any atom is 0.220 e. The lowest BCUT2D eigenvalue weighted by Gasteiger charge is -2.40. The lowest BCUT2D eigenvalue weighted by atomic mass is 9.99. The number of rotatable bonds is 50. The smallest absolute Gasteiger partial charge is 0.220 e. The molecule has 0 aliphatic carbocycles. The highest BCUT2D eigenvalue weighted by Crippen LogP contribution is 2.23. The van der Waals surface area contributed by atoms with Gasteiger partial charge in [0.1, 0.15) is 24.4 Å². The summed E-state index contributed by atoms with van der Waals surface area (Å²) in [5.74, 6) is -0.195. The molecule has 1 fully saturated rings. The average molecular weight is 987 g/mol. The molecule has 1 saturated heterocycles. The summed E-state index contributed by atoms with van der Waals surface area (Å²) in [6.07, 6.45) is 61.5. The van der Waals surface area contributed by atoms with Crippen molar-refractivity contribution in [2.75, 3.05) is 13.2 Å². The van der Waals surface area contributed by atoms with Crippen LogP contribution in [0.4, 0.5) is 0 Å². The standard InChI is InChI=1S/C61H111NO8/c1-3-5-7-9-11-13-15-17-19-21-23-25-26-27-28-29-31-32-34-36-38-40-42-44-46-48-50-55(64)54(53-69-61-60(68)59(67)58(66)56(52-63)70-61)62-57(65)51-49-47-45-43-41-39-37-35-33-30-24-22-20-18-16-14-12-10-8-6-4-2/h16,18,22,24,32,34,40,42,48,50,54-56,58-61,63-64,66-68H,3-15,17,19-21,23,25-31,33,35-39,41,43-47,49,51-53H2,1-2H3,(H,62,65)/b18-16-,24-22-,34-32+,42-40+,50-48+. The minimum atomic E-state index is -1.58. The van der Waals surface area contributed by atoms with Gasteiger partial charge in [-0.2, -0.15) is 0 Å². The summed E-state index contributed by atoms with van der Waals surface area (Å²) in [6, 6.07) is -0.833. The van der Waals surface area contributed by atoms with Crippen molar-refractivity contribution in [2.24, 2.45) is 0 Å². The topological polar surface area (TPSA) is 149 Å². The van der Waals surface area contributed by atoms with Crippen LogP contribution in [0.2, 0.25) is 0 Å². The maximum atomic E-state index is 13.1. The van der Waals surface area contributed by atoms with Crippen LogP contribution in [0.25, 0.3) is 0 Å². The first-order valence-electron chi connectivity index (χ1n) is 29.5. The van der Waals surface area contributed by atoms with Crippen molar-refractivity contribution < 1.29 is 39.8 Å². The predicted molar refractivity (Wildman–Crippen MR) is 295 cm³/mol. The van der Waals surface area contributed by atoms with Crippen LogP contribution in [-0.4, -0.2) is 87.5 Å². The van der Waals surface area contributed by atoms with Crippen molar-refractivity contribution in [2.45, 2.75) is 307 Å². The summed E-state index contributed by atoms with van der Waals surface area (Å²) < 4.78 is 11.3. The second-order valence-corrected chi connectivity index (χ2v) is 20.4. The largest absolute Gasteiger partial charge is 0.394 e. The number of unbranched alkanes of at least 4 members (excludes halogenated alkanes) is 32. The van der Waals surface area contributed by atoms with Gasteiger partial charge in [0.05, 0.1) is 25.4 Å². The van der Waals surface area contributed by atoms with Crippen LogP contribution >= 0.6 is 0 Å².